The van der Waals surface area contributed by atoms with Gasteiger partial charge in [-0.1, -0.05) is 111 Å². The van der Waals surface area contributed by atoms with E-state index in [9.17, 15) is 9.90 Å². The molecule has 0 saturated carbocycles. The van der Waals surface area contributed by atoms with Gasteiger partial charge in [-0.15, -0.1) is 0 Å². The summed E-state index contributed by atoms with van der Waals surface area (Å²) in [6.45, 7) is 11.2. The average molecular weight is 580 g/mol. The number of rotatable bonds is 23. The van der Waals surface area contributed by atoms with Crippen LogP contribution in [0, 0.1) is 0 Å². The van der Waals surface area contributed by atoms with Crippen molar-refractivity contribution in [3.8, 4) is 11.5 Å². The minimum atomic E-state index is -0.962. The summed E-state index contributed by atoms with van der Waals surface area (Å²) in [5.74, 6) is 1.94. The second kappa shape index (κ2) is 21.2. The lowest BCUT2D eigenvalue weighted by Crippen LogP contribution is -2.17. The Morgan fingerprint density at radius 1 is 0.619 bits per heavy atom. The number of carboxylic acid groups (broad SMARTS) is 1. The quantitative estimate of drug-likeness (QED) is 0.129. The highest BCUT2D eigenvalue weighted by Gasteiger charge is 2.26. The normalized spacial score (nSPS) is 11.2. The summed E-state index contributed by atoms with van der Waals surface area (Å²) in [5, 5.41) is 13.0. The Hall–Kier alpha value is -2.49. The summed E-state index contributed by atoms with van der Waals surface area (Å²) < 4.78 is 7.03. The van der Waals surface area contributed by atoms with Crippen molar-refractivity contribution in [2.45, 2.75) is 163 Å². The van der Waals surface area contributed by atoms with Gasteiger partial charge in [-0.2, -0.15) is 0 Å². The summed E-state index contributed by atoms with van der Waals surface area (Å²) in [4.78, 5) is 12.3. The lowest BCUT2D eigenvalue weighted by Gasteiger charge is -2.27. The molecule has 0 radical (unpaired) electrons. The van der Waals surface area contributed by atoms with Crippen molar-refractivity contribution >= 4 is 11.8 Å². The van der Waals surface area contributed by atoms with Crippen LogP contribution in [0.25, 0.3) is 0 Å². The Balaban J connectivity index is 2.80. The number of aryl methyl sites for hydroxylation is 1. The molecular weight excluding hydrogens is 518 g/mol. The SMILES string of the molecule is CCCCCc1cccc(Oc2c(CCCCC)c(CCCCC)c(NC(=O)O)c(CCCCC)c2CCCCC)c1. The van der Waals surface area contributed by atoms with Crippen molar-refractivity contribution < 1.29 is 14.6 Å². The van der Waals surface area contributed by atoms with Gasteiger partial charge in [-0.05, 0) is 93.0 Å². The van der Waals surface area contributed by atoms with E-state index in [1.165, 1.54) is 47.1 Å². The zero-order chi connectivity index (χ0) is 30.6. The molecule has 0 aliphatic heterocycles. The molecule has 2 N–H and O–H groups in total. The van der Waals surface area contributed by atoms with Gasteiger partial charge in [0.25, 0.3) is 0 Å². The standard InChI is InChI=1S/C38H61NO3/c1-6-11-16-22-30-23-21-24-31(29-30)42-37-34(27-19-14-9-4)32(25-17-12-7-2)36(39-38(40)41)33(26-18-13-8-3)35(37)28-20-15-10-5/h21,23-24,29,39H,6-20,22,25-28H2,1-5H3,(H,40,41). The maximum atomic E-state index is 12.3. The van der Waals surface area contributed by atoms with Crippen LogP contribution in [-0.4, -0.2) is 11.2 Å². The van der Waals surface area contributed by atoms with Crippen LogP contribution in [-0.2, 0) is 32.1 Å². The molecule has 0 atom stereocenters. The van der Waals surface area contributed by atoms with Gasteiger partial charge in [0.15, 0.2) is 0 Å². The van der Waals surface area contributed by atoms with E-state index in [0.29, 0.717) is 0 Å². The minimum absolute atomic E-state index is 0.869. The van der Waals surface area contributed by atoms with E-state index in [1.54, 1.807) is 0 Å². The Kier molecular flexibility index (Phi) is 18.1. The molecule has 0 saturated heterocycles. The third kappa shape index (κ3) is 12.0. The lowest BCUT2D eigenvalue weighted by molar-refractivity contribution is 0.209. The molecule has 42 heavy (non-hydrogen) atoms. The molecule has 4 heteroatoms. The van der Waals surface area contributed by atoms with Crippen LogP contribution in [0.5, 0.6) is 11.5 Å². The highest BCUT2D eigenvalue weighted by atomic mass is 16.5. The zero-order valence-electron chi connectivity index (χ0n) is 27.7. The Bertz CT molecular complexity index is 1000. The predicted octanol–water partition coefficient (Wildman–Crippen LogP) is 12.2. The first-order chi connectivity index (χ1) is 20.5. The van der Waals surface area contributed by atoms with E-state index < -0.39 is 6.09 Å². The van der Waals surface area contributed by atoms with Gasteiger partial charge in [0.1, 0.15) is 11.5 Å². The maximum Gasteiger partial charge on any atom is 0.409 e. The van der Waals surface area contributed by atoms with Gasteiger partial charge in [-0.3, -0.25) is 5.32 Å². The summed E-state index contributed by atoms with van der Waals surface area (Å²) in [7, 11) is 0. The third-order valence-electron chi connectivity index (χ3n) is 8.42. The fourth-order valence-electron chi connectivity index (χ4n) is 6.07. The first-order valence-corrected chi connectivity index (χ1v) is 17.5. The average Bonchev–Trinajstić information content (AvgIpc) is 2.97. The van der Waals surface area contributed by atoms with Crippen molar-refractivity contribution in [3.63, 3.8) is 0 Å². The molecule has 2 aromatic rings. The molecule has 236 valence electrons. The van der Waals surface area contributed by atoms with Gasteiger partial charge in [0, 0.05) is 11.1 Å². The Labute approximate surface area is 258 Å². The van der Waals surface area contributed by atoms with Gasteiger partial charge >= 0.3 is 6.09 Å². The summed E-state index contributed by atoms with van der Waals surface area (Å²) >= 11 is 0. The highest BCUT2D eigenvalue weighted by Crippen LogP contribution is 2.43. The number of amides is 1. The molecule has 0 unspecified atom stereocenters. The van der Waals surface area contributed by atoms with E-state index >= 15 is 0 Å². The Morgan fingerprint density at radius 3 is 1.48 bits per heavy atom. The van der Waals surface area contributed by atoms with Crippen LogP contribution in [0.15, 0.2) is 24.3 Å². The number of hydrogen-bond donors (Lipinski definition) is 2. The molecule has 0 bridgehead atoms. The van der Waals surface area contributed by atoms with E-state index in [4.69, 9.17) is 4.74 Å². The molecule has 0 spiro atoms. The summed E-state index contributed by atoms with van der Waals surface area (Å²) in [5.41, 5.74) is 7.05. The van der Waals surface area contributed by atoms with E-state index in [2.05, 4.69) is 64.2 Å². The molecule has 2 rings (SSSR count). The van der Waals surface area contributed by atoms with E-state index in [-0.39, 0.29) is 0 Å². The molecule has 4 nitrogen and oxygen atoms in total. The smallest absolute Gasteiger partial charge is 0.409 e. The van der Waals surface area contributed by atoms with Crippen LogP contribution in [0.4, 0.5) is 10.5 Å². The first kappa shape index (κ1) is 35.7. The molecule has 0 fully saturated rings. The molecule has 0 aromatic heterocycles. The summed E-state index contributed by atoms with van der Waals surface area (Å²) in [6, 6.07) is 8.69. The van der Waals surface area contributed by atoms with Crippen LogP contribution < -0.4 is 10.1 Å². The molecule has 0 aliphatic carbocycles. The molecule has 1 amide bonds. The monoisotopic (exact) mass is 579 g/mol. The first-order valence-electron chi connectivity index (χ1n) is 17.5. The molecular formula is C38H61NO3. The van der Waals surface area contributed by atoms with Gasteiger partial charge in [0.2, 0.25) is 0 Å². The third-order valence-corrected chi connectivity index (χ3v) is 8.42. The molecule has 0 heterocycles. The second-order valence-corrected chi connectivity index (χ2v) is 12.1. The van der Waals surface area contributed by atoms with Crippen LogP contribution in [0.3, 0.4) is 0 Å². The van der Waals surface area contributed by atoms with Gasteiger partial charge in [0.05, 0.1) is 5.69 Å². The number of anilines is 1. The maximum absolute atomic E-state index is 12.3. The number of unbranched alkanes of at least 4 members (excludes halogenated alkanes) is 10. The lowest BCUT2D eigenvalue weighted by atomic mass is 9.85. The van der Waals surface area contributed by atoms with Crippen molar-refractivity contribution in [2.75, 3.05) is 5.32 Å². The number of hydrogen-bond acceptors (Lipinski definition) is 2. The van der Waals surface area contributed by atoms with Crippen molar-refractivity contribution in [1.82, 2.24) is 0 Å². The van der Waals surface area contributed by atoms with Crippen LogP contribution >= 0.6 is 0 Å². The van der Waals surface area contributed by atoms with Crippen LogP contribution in [0.1, 0.15) is 159 Å². The largest absolute Gasteiger partial charge is 0.465 e. The zero-order valence-corrected chi connectivity index (χ0v) is 27.7. The minimum Gasteiger partial charge on any atom is -0.465 e. The van der Waals surface area contributed by atoms with Crippen molar-refractivity contribution in [3.05, 3.63) is 52.1 Å². The van der Waals surface area contributed by atoms with Gasteiger partial charge in [-0.25, -0.2) is 4.79 Å². The van der Waals surface area contributed by atoms with Gasteiger partial charge < -0.3 is 9.84 Å². The highest BCUT2D eigenvalue weighted by molar-refractivity contribution is 5.87. The van der Waals surface area contributed by atoms with E-state index in [1.807, 2.05) is 0 Å². The van der Waals surface area contributed by atoms with Crippen molar-refractivity contribution in [1.29, 1.82) is 0 Å². The number of benzene rings is 2. The second-order valence-electron chi connectivity index (χ2n) is 12.1. The summed E-state index contributed by atoms with van der Waals surface area (Å²) in [6.07, 6.45) is 20.8. The Morgan fingerprint density at radius 2 is 1.05 bits per heavy atom. The van der Waals surface area contributed by atoms with E-state index in [0.717, 1.165) is 126 Å². The predicted molar refractivity (Wildman–Crippen MR) is 181 cm³/mol. The molecule has 2 aromatic carbocycles. The van der Waals surface area contributed by atoms with Crippen molar-refractivity contribution in [2.24, 2.45) is 0 Å². The number of carbonyl (C=O) groups is 1. The molecule has 0 aliphatic rings. The fraction of sp³-hybridized carbons (Fsp3) is 0.658. The number of nitrogens with one attached hydrogen (secondary N) is 1. The van der Waals surface area contributed by atoms with Crippen LogP contribution in [0.2, 0.25) is 0 Å². The fourth-order valence-corrected chi connectivity index (χ4v) is 6.07. The number of ether oxygens (including phenoxy) is 1. The topological polar surface area (TPSA) is 58.6 Å².